The van der Waals surface area contributed by atoms with E-state index in [-0.39, 0.29) is 17.0 Å². The zero-order chi connectivity index (χ0) is 13.3. The second-order valence-corrected chi connectivity index (χ2v) is 3.62. The summed E-state index contributed by atoms with van der Waals surface area (Å²) in [7, 11) is 1.59. The van der Waals surface area contributed by atoms with Crippen LogP contribution >= 0.6 is 0 Å². The Morgan fingerprint density at radius 3 is 2.50 bits per heavy atom. The minimum absolute atomic E-state index is 0.243. The molecule has 0 saturated heterocycles. The second-order valence-electron chi connectivity index (χ2n) is 3.62. The summed E-state index contributed by atoms with van der Waals surface area (Å²) in [4.78, 5) is 0. The molecule has 2 rings (SSSR count). The fourth-order valence-corrected chi connectivity index (χ4v) is 1.66. The van der Waals surface area contributed by atoms with E-state index < -0.39 is 6.36 Å². The number of halogens is 3. The van der Waals surface area contributed by atoms with Gasteiger partial charge in [-0.2, -0.15) is 5.10 Å². The molecule has 0 radical (unpaired) electrons. The van der Waals surface area contributed by atoms with Gasteiger partial charge in [-0.15, -0.1) is 13.2 Å². The molecule has 0 fully saturated rings. The number of hydrogen-bond donors (Lipinski definition) is 1. The van der Waals surface area contributed by atoms with Gasteiger partial charge in [0, 0.05) is 12.6 Å². The van der Waals surface area contributed by atoms with Gasteiger partial charge in [0.1, 0.15) is 5.75 Å². The highest BCUT2D eigenvalue weighted by Gasteiger charge is 2.32. The first kappa shape index (κ1) is 12.3. The minimum Gasteiger partial charge on any atom is -0.405 e. The summed E-state index contributed by atoms with van der Waals surface area (Å²) in [5.74, 6) is -0.305. The van der Waals surface area contributed by atoms with E-state index in [0.29, 0.717) is 5.69 Å². The van der Waals surface area contributed by atoms with Gasteiger partial charge in [-0.25, -0.2) is 0 Å². The van der Waals surface area contributed by atoms with Gasteiger partial charge in [0.05, 0.1) is 17.6 Å². The van der Waals surface area contributed by atoms with Gasteiger partial charge in [0.15, 0.2) is 0 Å². The highest BCUT2D eigenvalue weighted by atomic mass is 19.4. The van der Waals surface area contributed by atoms with E-state index in [2.05, 4.69) is 9.84 Å². The van der Waals surface area contributed by atoms with Gasteiger partial charge in [-0.1, -0.05) is 12.1 Å². The number of anilines is 1. The molecule has 0 bridgehead atoms. The maximum Gasteiger partial charge on any atom is 0.573 e. The van der Waals surface area contributed by atoms with Gasteiger partial charge in [-0.3, -0.25) is 4.68 Å². The molecule has 0 aliphatic heterocycles. The Hall–Kier alpha value is -2.18. The van der Waals surface area contributed by atoms with Crippen molar-refractivity contribution in [3.8, 4) is 17.0 Å². The Morgan fingerprint density at radius 1 is 1.28 bits per heavy atom. The number of aromatic nitrogens is 2. The van der Waals surface area contributed by atoms with Crippen molar-refractivity contribution < 1.29 is 17.9 Å². The molecular formula is C11H10F3N3O. The summed E-state index contributed by atoms with van der Waals surface area (Å²) in [5.41, 5.74) is 6.60. The van der Waals surface area contributed by atoms with Crippen LogP contribution in [0.5, 0.6) is 5.75 Å². The van der Waals surface area contributed by atoms with Crippen LogP contribution in [0, 0.1) is 0 Å². The third-order valence-electron chi connectivity index (χ3n) is 2.33. The van der Waals surface area contributed by atoms with Crippen molar-refractivity contribution in [2.75, 3.05) is 5.73 Å². The molecule has 1 aromatic heterocycles. The predicted molar refractivity (Wildman–Crippen MR) is 59.7 cm³/mol. The maximum atomic E-state index is 12.3. The van der Waals surface area contributed by atoms with Crippen molar-refractivity contribution in [2.24, 2.45) is 7.05 Å². The van der Waals surface area contributed by atoms with Crippen molar-refractivity contribution >= 4 is 5.69 Å². The molecule has 1 heterocycles. The van der Waals surface area contributed by atoms with E-state index in [0.717, 1.165) is 0 Å². The van der Waals surface area contributed by atoms with Gasteiger partial charge >= 0.3 is 6.36 Å². The van der Waals surface area contributed by atoms with E-state index in [1.807, 2.05) is 0 Å². The fraction of sp³-hybridized carbons (Fsp3) is 0.182. The third-order valence-corrected chi connectivity index (χ3v) is 2.33. The molecule has 2 N–H and O–H groups in total. The van der Waals surface area contributed by atoms with Crippen LogP contribution in [-0.4, -0.2) is 16.1 Å². The lowest BCUT2D eigenvalue weighted by molar-refractivity contribution is -0.274. The Kier molecular flexibility index (Phi) is 2.90. The quantitative estimate of drug-likeness (QED) is 0.899. The van der Waals surface area contributed by atoms with Gasteiger partial charge < -0.3 is 10.5 Å². The second kappa shape index (κ2) is 4.25. The van der Waals surface area contributed by atoms with E-state index in [1.54, 1.807) is 13.1 Å². The topological polar surface area (TPSA) is 53.1 Å². The largest absolute Gasteiger partial charge is 0.573 e. The number of hydrogen-bond acceptors (Lipinski definition) is 3. The van der Waals surface area contributed by atoms with Crippen LogP contribution in [0.15, 0.2) is 30.5 Å². The Bertz CT molecular complexity index is 543. The molecule has 96 valence electrons. The zero-order valence-corrected chi connectivity index (χ0v) is 9.40. The van der Waals surface area contributed by atoms with Crippen LogP contribution in [-0.2, 0) is 7.05 Å². The number of ether oxygens (including phenoxy) is 1. The third kappa shape index (κ3) is 2.39. The summed E-state index contributed by atoms with van der Waals surface area (Å²) in [6.45, 7) is 0. The first-order valence-electron chi connectivity index (χ1n) is 5.01. The smallest absolute Gasteiger partial charge is 0.405 e. The number of nitrogens with zero attached hydrogens (tertiary/aromatic N) is 2. The number of nitrogen functional groups attached to an aromatic ring is 1. The normalized spacial score (nSPS) is 11.6. The Labute approximate surface area is 101 Å². The summed E-state index contributed by atoms with van der Waals surface area (Å²) >= 11 is 0. The van der Waals surface area contributed by atoms with Crippen molar-refractivity contribution in [3.05, 3.63) is 30.5 Å². The first-order chi connectivity index (χ1) is 8.38. The number of rotatable bonds is 2. The molecule has 18 heavy (non-hydrogen) atoms. The van der Waals surface area contributed by atoms with E-state index >= 15 is 0 Å². The van der Waals surface area contributed by atoms with Crippen LogP contribution in [0.25, 0.3) is 11.3 Å². The van der Waals surface area contributed by atoms with Crippen LogP contribution in [0.4, 0.5) is 18.9 Å². The summed E-state index contributed by atoms with van der Waals surface area (Å²) in [6, 6.07) is 5.78. The van der Waals surface area contributed by atoms with E-state index in [1.165, 1.54) is 29.1 Å². The lowest BCUT2D eigenvalue weighted by Gasteiger charge is -2.13. The zero-order valence-electron chi connectivity index (χ0n) is 9.40. The van der Waals surface area contributed by atoms with Gasteiger partial charge in [0.2, 0.25) is 0 Å². The lowest BCUT2D eigenvalue weighted by atomic mass is 10.1. The summed E-state index contributed by atoms with van der Waals surface area (Å²) < 4.78 is 42.2. The molecule has 0 aliphatic rings. The van der Waals surface area contributed by atoms with E-state index in [9.17, 15) is 13.2 Å². The summed E-state index contributed by atoms with van der Waals surface area (Å²) in [5, 5.41) is 3.88. The molecule has 0 aliphatic carbocycles. The predicted octanol–water partition coefficient (Wildman–Crippen LogP) is 2.57. The fourth-order valence-electron chi connectivity index (χ4n) is 1.66. The first-order valence-corrected chi connectivity index (χ1v) is 5.01. The monoisotopic (exact) mass is 257 g/mol. The van der Waals surface area contributed by atoms with Crippen molar-refractivity contribution in [2.45, 2.75) is 6.36 Å². The number of para-hydroxylation sites is 1. The number of nitrogens with two attached hydrogens (primary N) is 1. The van der Waals surface area contributed by atoms with Crippen LogP contribution in [0.1, 0.15) is 0 Å². The average Bonchev–Trinajstić information content (AvgIpc) is 2.58. The van der Waals surface area contributed by atoms with Crippen LogP contribution < -0.4 is 10.5 Å². The summed E-state index contributed by atoms with van der Waals surface area (Å²) in [6.07, 6.45) is -3.37. The van der Waals surface area contributed by atoms with Crippen molar-refractivity contribution in [1.82, 2.24) is 9.78 Å². The van der Waals surface area contributed by atoms with Gasteiger partial charge in [0.25, 0.3) is 0 Å². The Balaban J connectivity index is 2.52. The van der Waals surface area contributed by atoms with Crippen LogP contribution in [0.3, 0.4) is 0 Å². The molecule has 0 atom stereocenters. The average molecular weight is 257 g/mol. The molecule has 0 amide bonds. The molecule has 7 heteroatoms. The molecule has 4 nitrogen and oxygen atoms in total. The van der Waals surface area contributed by atoms with Gasteiger partial charge in [-0.05, 0) is 12.1 Å². The van der Waals surface area contributed by atoms with Crippen molar-refractivity contribution in [3.63, 3.8) is 0 Å². The van der Waals surface area contributed by atoms with Crippen molar-refractivity contribution in [1.29, 1.82) is 0 Å². The standard InChI is InChI=1S/C11H10F3N3O/c1-17-10(8(15)6-16-17)7-4-2-3-5-9(7)18-11(12,13)14/h2-6H,15H2,1H3. The highest BCUT2D eigenvalue weighted by Crippen LogP contribution is 2.35. The molecule has 0 spiro atoms. The molecular weight excluding hydrogens is 247 g/mol. The minimum atomic E-state index is -4.75. The number of alkyl halides is 3. The Morgan fingerprint density at radius 2 is 1.94 bits per heavy atom. The molecule has 1 aromatic carbocycles. The molecule has 0 saturated carbocycles. The van der Waals surface area contributed by atoms with E-state index in [4.69, 9.17) is 5.73 Å². The SMILES string of the molecule is Cn1ncc(N)c1-c1ccccc1OC(F)(F)F. The number of benzene rings is 1. The number of aryl methyl sites for hydroxylation is 1. The highest BCUT2D eigenvalue weighted by molar-refractivity contribution is 5.77. The molecule has 2 aromatic rings. The van der Waals surface area contributed by atoms with Crippen LogP contribution in [0.2, 0.25) is 0 Å². The lowest BCUT2D eigenvalue weighted by Crippen LogP contribution is -2.17. The maximum absolute atomic E-state index is 12.3. The molecule has 0 unspecified atom stereocenters.